The van der Waals surface area contributed by atoms with Gasteiger partial charge >= 0.3 is 0 Å². The minimum Gasteiger partial charge on any atom is -0.494 e. The summed E-state index contributed by atoms with van der Waals surface area (Å²) in [5.41, 5.74) is 0.746. The number of carbonyl (C=O) groups is 2. The van der Waals surface area contributed by atoms with Crippen molar-refractivity contribution >= 4 is 50.7 Å². The number of ether oxygens (including phenoxy) is 3. The SMILES string of the molecule is CCOc1ccc(N(CC(=O)N(Cc2ccc(Cl)cc2Cl)[C@H](C)C(=O)N[C@@H](C)CC)S(=O)(=O)c2ccc(OC)c(OC)c2)cc1. The van der Waals surface area contributed by atoms with E-state index in [2.05, 4.69) is 5.32 Å². The third-order valence-electron chi connectivity index (χ3n) is 7.18. The smallest absolute Gasteiger partial charge is 0.264 e. The van der Waals surface area contributed by atoms with Gasteiger partial charge in [0.2, 0.25) is 11.8 Å². The third kappa shape index (κ3) is 8.96. The summed E-state index contributed by atoms with van der Waals surface area (Å²) in [6.07, 6.45) is 0.685. The van der Waals surface area contributed by atoms with Crippen molar-refractivity contribution in [2.24, 2.45) is 0 Å². The highest BCUT2D eigenvalue weighted by Crippen LogP contribution is 2.33. The molecule has 10 nitrogen and oxygen atoms in total. The number of carbonyl (C=O) groups excluding carboxylic acids is 2. The predicted octanol–water partition coefficient (Wildman–Crippen LogP) is 5.94. The van der Waals surface area contributed by atoms with E-state index in [1.54, 1.807) is 49.4 Å². The molecule has 0 aliphatic carbocycles. The molecule has 0 saturated heterocycles. The van der Waals surface area contributed by atoms with E-state index >= 15 is 0 Å². The molecule has 2 amide bonds. The number of hydrogen-bond donors (Lipinski definition) is 1. The molecule has 1 N–H and O–H groups in total. The van der Waals surface area contributed by atoms with E-state index in [9.17, 15) is 18.0 Å². The zero-order valence-electron chi connectivity index (χ0n) is 26.2. The van der Waals surface area contributed by atoms with Crippen LogP contribution in [0.1, 0.15) is 39.7 Å². The van der Waals surface area contributed by atoms with Crippen molar-refractivity contribution in [1.82, 2.24) is 10.2 Å². The molecule has 0 unspecified atom stereocenters. The molecule has 0 bridgehead atoms. The maximum absolute atomic E-state index is 14.2. The van der Waals surface area contributed by atoms with Crippen LogP contribution in [0.25, 0.3) is 0 Å². The highest BCUT2D eigenvalue weighted by molar-refractivity contribution is 7.92. The van der Waals surface area contributed by atoms with E-state index in [0.29, 0.717) is 40.1 Å². The molecule has 0 spiro atoms. The van der Waals surface area contributed by atoms with Crippen LogP contribution in [-0.4, -0.2) is 64.6 Å². The van der Waals surface area contributed by atoms with Crippen LogP contribution < -0.4 is 23.8 Å². The molecular formula is C32H39Cl2N3O7S. The number of nitrogens with zero attached hydrogens (tertiary/aromatic N) is 2. The molecule has 0 aliphatic heterocycles. The molecular weight excluding hydrogens is 641 g/mol. The van der Waals surface area contributed by atoms with Crippen LogP contribution in [-0.2, 0) is 26.2 Å². The highest BCUT2D eigenvalue weighted by atomic mass is 35.5. The van der Waals surface area contributed by atoms with Gasteiger partial charge in [-0.25, -0.2) is 8.42 Å². The largest absolute Gasteiger partial charge is 0.494 e. The Hall–Kier alpha value is -3.67. The van der Waals surface area contributed by atoms with E-state index < -0.39 is 34.4 Å². The quantitative estimate of drug-likeness (QED) is 0.212. The van der Waals surface area contributed by atoms with Gasteiger partial charge in [0.15, 0.2) is 11.5 Å². The number of nitrogens with one attached hydrogen (secondary N) is 1. The van der Waals surface area contributed by atoms with E-state index in [1.165, 1.54) is 37.3 Å². The lowest BCUT2D eigenvalue weighted by atomic mass is 10.1. The molecule has 0 fully saturated rings. The highest BCUT2D eigenvalue weighted by Gasteiger charge is 2.33. The number of rotatable bonds is 15. The second-order valence-corrected chi connectivity index (χ2v) is 12.9. The van der Waals surface area contributed by atoms with Gasteiger partial charge in [-0.1, -0.05) is 36.2 Å². The molecule has 3 aromatic carbocycles. The number of amides is 2. The number of halogens is 2. The Morgan fingerprint density at radius 1 is 0.911 bits per heavy atom. The summed E-state index contributed by atoms with van der Waals surface area (Å²) in [5, 5.41) is 3.61. The minimum atomic E-state index is -4.36. The molecule has 45 heavy (non-hydrogen) atoms. The Morgan fingerprint density at radius 2 is 1.58 bits per heavy atom. The number of methoxy groups -OCH3 is 2. The van der Waals surface area contributed by atoms with E-state index in [0.717, 1.165) is 4.31 Å². The van der Waals surface area contributed by atoms with Gasteiger partial charge in [-0.05, 0) is 81.3 Å². The molecule has 13 heteroatoms. The van der Waals surface area contributed by atoms with Gasteiger partial charge < -0.3 is 24.4 Å². The molecule has 244 valence electrons. The minimum absolute atomic E-state index is 0.0720. The van der Waals surface area contributed by atoms with E-state index in [4.69, 9.17) is 37.4 Å². The maximum atomic E-state index is 14.2. The first-order valence-corrected chi connectivity index (χ1v) is 16.6. The molecule has 3 rings (SSSR count). The first kappa shape index (κ1) is 35.8. The van der Waals surface area contributed by atoms with Crippen molar-refractivity contribution < 1.29 is 32.2 Å². The van der Waals surface area contributed by atoms with Gasteiger partial charge in [0.25, 0.3) is 10.0 Å². The lowest BCUT2D eigenvalue weighted by molar-refractivity contribution is -0.139. The Kier molecular flexibility index (Phi) is 12.8. The molecule has 0 saturated carbocycles. The third-order valence-corrected chi connectivity index (χ3v) is 9.54. The van der Waals surface area contributed by atoms with Crippen LogP contribution in [0.3, 0.4) is 0 Å². The van der Waals surface area contributed by atoms with Crippen LogP contribution >= 0.6 is 23.2 Å². The number of hydrogen-bond acceptors (Lipinski definition) is 7. The van der Waals surface area contributed by atoms with Gasteiger partial charge in [0, 0.05) is 28.7 Å². The summed E-state index contributed by atoms with van der Waals surface area (Å²) >= 11 is 12.5. The topological polar surface area (TPSA) is 114 Å². The first-order valence-electron chi connectivity index (χ1n) is 14.4. The Balaban J connectivity index is 2.10. The van der Waals surface area contributed by atoms with Crippen molar-refractivity contribution in [2.45, 2.75) is 57.6 Å². The van der Waals surface area contributed by atoms with Crippen molar-refractivity contribution in [3.63, 3.8) is 0 Å². The number of anilines is 1. The summed E-state index contributed by atoms with van der Waals surface area (Å²) in [4.78, 5) is 28.6. The van der Waals surface area contributed by atoms with Crippen LogP contribution in [0.4, 0.5) is 5.69 Å². The summed E-state index contributed by atoms with van der Waals surface area (Å²) in [7, 11) is -1.52. The number of benzene rings is 3. The second kappa shape index (κ2) is 16.1. The molecule has 0 aliphatic rings. The average Bonchev–Trinajstić information content (AvgIpc) is 3.02. The molecule has 2 atom stereocenters. The van der Waals surface area contributed by atoms with Crippen molar-refractivity contribution in [2.75, 3.05) is 31.7 Å². The zero-order chi connectivity index (χ0) is 33.3. The van der Waals surface area contributed by atoms with Crippen LogP contribution in [0.15, 0.2) is 65.6 Å². The van der Waals surface area contributed by atoms with Gasteiger partial charge in [0.1, 0.15) is 18.3 Å². The lowest BCUT2D eigenvalue weighted by Crippen LogP contribution is -2.52. The van der Waals surface area contributed by atoms with Gasteiger partial charge in [-0.2, -0.15) is 0 Å². The molecule has 0 radical (unpaired) electrons. The standard InChI is InChI=1S/C32H39Cl2N3O7S/c1-7-21(3)35-32(39)22(4)36(19-23-9-10-24(33)17-28(23)34)31(38)20-37(25-11-13-26(14-12-25)44-8-2)45(40,41)27-15-16-29(42-5)30(18-27)43-6/h9-18,21-22H,7-8,19-20H2,1-6H3,(H,35,39)/t21-,22+/m0/s1. The zero-order valence-corrected chi connectivity index (χ0v) is 28.5. The Bertz CT molecular complexity index is 1590. The second-order valence-electron chi connectivity index (χ2n) is 10.2. The summed E-state index contributed by atoms with van der Waals surface area (Å²) in [5.74, 6) is 0.0486. The van der Waals surface area contributed by atoms with Crippen LogP contribution in [0, 0.1) is 0 Å². The fourth-order valence-electron chi connectivity index (χ4n) is 4.39. The van der Waals surface area contributed by atoms with Gasteiger partial charge in [-0.3, -0.25) is 13.9 Å². The number of sulfonamides is 1. The van der Waals surface area contributed by atoms with Crippen molar-refractivity contribution in [1.29, 1.82) is 0 Å². The average molecular weight is 681 g/mol. The summed E-state index contributed by atoms with van der Waals surface area (Å²) in [6.45, 7) is 6.93. The monoisotopic (exact) mass is 679 g/mol. The first-order chi connectivity index (χ1) is 21.4. The van der Waals surface area contributed by atoms with Gasteiger partial charge in [0.05, 0.1) is 31.4 Å². The van der Waals surface area contributed by atoms with E-state index in [-0.39, 0.29) is 28.9 Å². The summed E-state index contributed by atoms with van der Waals surface area (Å²) in [6, 6.07) is 14.2. The predicted molar refractivity (Wildman–Crippen MR) is 176 cm³/mol. The normalized spacial score (nSPS) is 12.5. The van der Waals surface area contributed by atoms with E-state index in [1.807, 2.05) is 20.8 Å². The Morgan fingerprint density at radius 3 is 2.16 bits per heavy atom. The van der Waals surface area contributed by atoms with Crippen molar-refractivity contribution in [3.8, 4) is 17.2 Å². The molecule has 3 aromatic rings. The maximum Gasteiger partial charge on any atom is 0.264 e. The molecule has 0 aromatic heterocycles. The van der Waals surface area contributed by atoms with Crippen molar-refractivity contribution in [3.05, 3.63) is 76.3 Å². The lowest BCUT2D eigenvalue weighted by Gasteiger charge is -2.32. The summed E-state index contributed by atoms with van der Waals surface area (Å²) < 4.78 is 45.6. The fraction of sp³-hybridized carbons (Fsp3) is 0.375. The Labute approximate surface area is 275 Å². The molecule has 0 heterocycles. The van der Waals surface area contributed by atoms with Crippen LogP contribution in [0.5, 0.6) is 17.2 Å². The fourth-order valence-corrected chi connectivity index (χ4v) is 6.29. The van der Waals surface area contributed by atoms with Gasteiger partial charge in [-0.15, -0.1) is 0 Å². The van der Waals surface area contributed by atoms with Crippen LogP contribution in [0.2, 0.25) is 10.0 Å².